The van der Waals surface area contributed by atoms with E-state index in [1.54, 1.807) is 0 Å². The Balaban J connectivity index is 2.39. The lowest BCUT2D eigenvalue weighted by Crippen LogP contribution is -2.34. The first-order chi connectivity index (χ1) is 7.13. The van der Waals surface area contributed by atoms with Crippen molar-refractivity contribution in [3.05, 3.63) is 35.4 Å². The summed E-state index contributed by atoms with van der Waals surface area (Å²) in [6.45, 7) is 0.735. The predicted octanol–water partition coefficient (Wildman–Crippen LogP) is 1.96. The Bertz CT molecular complexity index is 360. The van der Waals surface area contributed by atoms with Crippen molar-refractivity contribution in [2.75, 3.05) is 13.2 Å². The summed E-state index contributed by atoms with van der Waals surface area (Å²) >= 11 is 0. The number of rotatable bonds is 1. The van der Waals surface area contributed by atoms with Gasteiger partial charge in [-0.3, -0.25) is 0 Å². The van der Waals surface area contributed by atoms with E-state index >= 15 is 0 Å². The molecule has 4 heteroatoms. The zero-order chi connectivity index (χ0) is 10.9. The number of aliphatic hydroxyl groups is 1. The van der Waals surface area contributed by atoms with Gasteiger partial charge in [0.15, 0.2) is 11.6 Å². The zero-order valence-corrected chi connectivity index (χ0v) is 8.17. The van der Waals surface area contributed by atoms with Crippen LogP contribution in [0.5, 0.6) is 0 Å². The average molecular weight is 214 g/mol. The lowest BCUT2D eigenvalue weighted by atomic mass is 9.86. The van der Waals surface area contributed by atoms with Gasteiger partial charge < -0.3 is 9.84 Å². The summed E-state index contributed by atoms with van der Waals surface area (Å²) in [5.74, 6) is -1.88. The minimum absolute atomic E-state index is 0.0331. The highest BCUT2D eigenvalue weighted by Gasteiger charge is 2.34. The van der Waals surface area contributed by atoms with E-state index in [0.717, 1.165) is 6.07 Å². The lowest BCUT2D eigenvalue weighted by Gasteiger charge is -2.32. The third kappa shape index (κ3) is 1.87. The number of hydrogen-bond acceptors (Lipinski definition) is 2. The fourth-order valence-electron chi connectivity index (χ4n) is 1.84. The summed E-state index contributed by atoms with van der Waals surface area (Å²) in [5.41, 5.74) is -1.25. The Morgan fingerprint density at radius 1 is 1.20 bits per heavy atom. The first kappa shape index (κ1) is 10.5. The summed E-state index contributed by atoms with van der Waals surface area (Å²) in [5, 5.41) is 10.2. The molecule has 1 heterocycles. The molecule has 0 saturated carbocycles. The molecule has 0 amide bonds. The smallest absolute Gasteiger partial charge is 0.164 e. The van der Waals surface area contributed by atoms with Crippen molar-refractivity contribution in [2.45, 2.75) is 18.4 Å². The van der Waals surface area contributed by atoms with Gasteiger partial charge in [0.25, 0.3) is 0 Å². The molecule has 1 saturated heterocycles. The molecule has 82 valence electrons. The average Bonchev–Trinajstić information content (AvgIpc) is 2.23. The summed E-state index contributed by atoms with van der Waals surface area (Å²) in [6.07, 6.45) is 0.598. The van der Waals surface area contributed by atoms with Crippen molar-refractivity contribution >= 4 is 0 Å². The van der Waals surface area contributed by atoms with Crippen molar-refractivity contribution in [1.29, 1.82) is 0 Å². The second kappa shape index (κ2) is 3.87. The molecule has 1 aliphatic heterocycles. The zero-order valence-electron chi connectivity index (χ0n) is 8.17. The maximum Gasteiger partial charge on any atom is 0.164 e. The van der Waals surface area contributed by atoms with Crippen LogP contribution < -0.4 is 0 Å². The molecule has 2 nitrogen and oxygen atoms in total. The molecule has 1 N–H and O–H groups in total. The van der Waals surface area contributed by atoms with E-state index < -0.39 is 17.2 Å². The molecular weight excluding hydrogens is 202 g/mol. The van der Waals surface area contributed by atoms with Gasteiger partial charge in [-0.1, -0.05) is 12.1 Å². The molecule has 1 aromatic rings. The second-order valence-corrected chi connectivity index (χ2v) is 3.75. The second-order valence-electron chi connectivity index (χ2n) is 3.75. The summed E-state index contributed by atoms with van der Waals surface area (Å²) in [7, 11) is 0. The van der Waals surface area contributed by atoms with Crippen molar-refractivity contribution in [3.8, 4) is 0 Å². The van der Waals surface area contributed by atoms with Gasteiger partial charge in [-0.2, -0.15) is 0 Å². The SMILES string of the molecule is OC1(c2cccc(F)c2F)CCOCC1. The Hall–Kier alpha value is -1.00. The van der Waals surface area contributed by atoms with Gasteiger partial charge in [-0.05, 0) is 6.07 Å². The van der Waals surface area contributed by atoms with E-state index in [2.05, 4.69) is 0 Å². The van der Waals surface area contributed by atoms with Gasteiger partial charge in [0.2, 0.25) is 0 Å². The van der Waals surface area contributed by atoms with Gasteiger partial charge in [0.1, 0.15) is 0 Å². The van der Waals surface area contributed by atoms with Gasteiger partial charge >= 0.3 is 0 Å². The normalized spacial score (nSPS) is 20.2. The third-order valence-electron chi connectivity index (χ3n) is 2.77. The van der Waals surface area contributed by atoms with Crippen LogP contribution in [0, 0.1) is 11.6 Å². The minimum Gasteiger partial charge on any atom is -0.385 e. The van der Waals surface area contributed by atoms with Crippen LogP contribution in [0.3, 0.4) is 0 Å². The van der Waals surface area contributed by atoms with E-state index in [4.69, 9.17) is 4.74 Å². The fourth-order valence-corrected chi connectivity index (χ4v) is 1.84. The predicted molar refractivity (Wildman–Crippen MR) is 50.3 cm³/mol. The van der Waals surface area contributed by atoms with E-state index in [-0.39, 0.29) is 5.56 Å². The summed E-state index contributed by atoms with van der Waals surface area (Å²) in [6, 6.07) is 3.87. The summed E-state index contributed by atoms with van der Waals surface area (Å²) in [4.78, 5) is 0. The van der Waals surface area contributed by atoms with Crippen molar-refractivity contribution in [1.82, 2.24) is 0 Å². The molecule has 0 radical (unpaired) electrons. The highest BCUT2D eigenvalue weighted by Crippen LogP contribution is 2.33. The summed E-state index contributed by atoms with van der Waals surface area (Å²) < 4.78 is 31.5. The van der Waals surface area contributed by atoms with Gasteiger partial charge in [-0.25, -0.2) is 8.78 Å². The third-order valence-corrected chi connectivity index (χ3v) is 2.77. The first-order valence-corrected chi connectivity index (χ1v) is 4.88. The minimum atomic E-state index is -1.29. The molecule has 15 heavy (non-hydrogen) atoms. The molecule has 0 unspecified atom stereocenters. The fraction of sp³-hybridized carbons (Fsp3) is 0.455. The highest BCUT2D eigenvalue weighted by atomic mass is 19.2. The molecule has 1 aromatic carbocycles. The van der Waals surface area contributed by atoms with Crippen LogP contribution in [0.15, 0.2) is 18.2 Å². The Kier molecular flexibility index (Phi) is 2.71. The molecular formula is C11H12F2O2. The van der Waals surface area contributed by atoms with Crippen LogP contribution in [-0.4, -0.2) is 18.3 Å². The van der Waals surface area contributed by atoms with Crippen molar-refractivity contribution < 1.29 is 18.6 Å². The topological polar surface area (TPSA) is 29.5 Å². The lowest BCUT2D eigenvalue weighted by molar-refractivity contribution is -0.0700. The van der Waals surface area contributed by atoms with Crippen LogP contribution >= 0.6 is 0 Å². The van der Waals surface area contributed by atoms with E-state index in [0.29, 0.717) is 26.1 Å². The van der Waals surface area contributed by atoms with E-state index in [1.165, 1.54) is 12.1 Å². The molecule has 1 aliphatic rings. The first-order valence-electron chi connectivity index (χ1n) is 4.88. The number of benzene rings is 1. The van der Waals surface area contributed by atoms with Crippen molar-refractivity contribution in [3.63, 3.8) is 0 Å². The monoisotopic (exact) mass is 214 g/mol. The van der Waals surface area contributed by atoms with Crippen LogP contribution in [0.1, 0.15) is 18.4 Å². The van der Waals surface area contributed by atoms with Crippen molar-refractivity contribution in [2.24, 2.45) is 0 Å². The van der Waals surface area contributed by atoms with E-state index in [9.17, 15) is 13.9 Å². The standard InChI is InChI=1S/C11H12F2O2/c12-9-3-1-2-8(10(9)13)11(14)4-6-15-7-5-11/h1-3,14H,4-7H2. The maximum atomic E-state index is 13.5. The maximum absolute atomic E-state index is 13.5. The van der Waals surface area contributed by atoms with E-state index in [1.807, 2.05) is 0 Å². The quantitative estimate of drug-likeness (QED) is 0.774. The highest BCUT2D eigenvalue weighted by molar-refractivity contribution is 5.25. The number of halogens is 2. The Morgan fingerprint density at radius 2 is 1.87 bits per heavy atom. The van der Waals surface area contributed by atoms with Crippen LogP contribution in [0.25, 0.3) is 0 Å². The van der Waals surface area contributed by atoms with Crippen LogP contribution in [0.2, 0.25) is 0 Å². The Morgan fingerprint density at radius 3 is 2.53 bits per heavy atom. The number of ether oxygens (including phenoxy) is 1. The van der Waals surface area contributed by atoms with Gasteiger partial charge in [0.05, 0.1) is 5.60 Å². The largest absolute Gasteiger partial charge is 0.385 e. The van der Waals surface area contributed by atoms with Gasteiger partial charge in [0, 0.05) is 31.6 Å². The molecule has 0 spiro atoms. The molecule has 0 aliphatic carbocycles. The van der Waals surface area contributed by atoms with Crippen LogP contribution in [0.4, 0.5) is 8.78 Å². The molecule has 0 bridgehead atoms. The number of hydrogen-bond donors (Lipinski definition) is 1. The molecule has 1 fully saturated rings. The molecule has 2 rings (SSSR count). The molecule has 0 aromatic heterocycles. The molecule has 0 atom stereocenters. The van der Waals surface area contributed by atoms with Crippen LogP contribution in [-0.2, 0) is 10.3 Å². The Labute approximate surface area is 86.5 Å². The van der Waals surface area contributed by atoms with Gasteiger partial charge in [-0.15, -0.1) is 0 Å².